The fraction of sp³-hybridized carbons (Fsp3) is 0.125. The molecule has 2 nitrogen and oxygen atoms in total. The van der Waals surface area contributed by atoms with E-state index in [-0.39, 0.29) is 0 Å². The predicted molar refractivity (Wildman–Crippen MR) is 72.1 cm³/mol. The van der Waals surface area contributed by atoms with Crippen LogP contribution in [0.4, 0.5) is 0 Å². The van der Waals surface area contributed by atoms with Crippen LogP contribution in [-0.4, -0.2) is 6.61 Å². The third-order valence-electron chi connectivity index (χ3n) is 2.61. The monoisotopic (exact) mass is 236 g/mol. The van der Waals surface area contributed by atoms with E-state index in [0.717, 1.165) is 23.3 Å². The van der Waals surface area contributed by atoms with Gasteiger partial charge in [-0.15, -0.1) is 0 Å². The summed E-state index contributed by atoms with van der Waals surface area (Å²) in [5.41, 5.74) is 2.88. The van der Waals surface area contributed by atoms with Crippen molar-refractivity contribution < 1.29 is 4.74 Å². The highest BCUT2D eigenvalue weighted by molar-refractivity contribution is 5.64. The quantitative estimate of drug-likeness (QED) is 0.808. The summed E-state index contributed by atoms with van der Waals surface area (Å²) < 4.78 is 5.48. The Balaban J connectivity index is 2.15. The zero-order chi connectivity index (χ0) is 12.8. The Morgan fingerprint density at radius 1 is 0.944 bits per heavy atom. The van der Waals surface area contributed by atoms with Crippen LogP contribution in [0.15, 0.2) is 48.5 Å². The zero-order valence-electron chi connectivity index (χ0n) is 10.1. The standard InChI is InChI=1S/C16H14NO/c1-2-11-18-16-9-7-15(8-10-16)14-5-3-13(12-17)4-6-14/h3-10H,1-2,11H2. The van der Waals surface area contributed by atoms with Gasteiger partial charge >= 0.3 is 0 Å². The van der Waals surface area contributed by atoms with E-state index in [0.29, 0.717) is 12.2 Å². The Labute approximate surface area is 107 Å². The maximum atomic E-state index is 8.75. The van der Waals surface area contributed by atoms with Crippen LogP contribution in [0.3, 0.4) is 0 Å². The lowest BCUT2D eigenvalue weighted by atomic mass is 10.0. The van der Waals surface area contributed by atoms with E-state index in [2.05, 4.69) is 13.0 Å². The second kappa shape index (κ2) is 5.88. The van der Waals surface area contributed by atoms with Crippen molar-refractivity contribution in [1.29, 1.82) is 5.26 Å². The highest BCUT2D eigenvalue weighted by Crippen LogP contribution is 2.22. The summed E-state index contributed by atoms with van der Waals surface area (Å²) in [4.78, 5) is 0. The van der Waals surface area contributed by atoms with E-state index in [9.17, 15) is 0 Å². The first-order valence-electron chi connectivity index (χ1n) is 5.86. The van der Waals surface area contributed by atoms with Gasteiger partial charge in [0.1, 0.15) is 5.75 Å². The molecule has 1 radical (unpaired) electrons. The first-order chi connectivity index (χ1) is 8.83. The molecule has 0 N–H and O–H groups in total. The highest BCUT2D eigenvalue weighted by atomic mass is 16.5. The van der Waals surface area contributed by atoms with Gasteiger partial charge in [0.2, 0.25) is 0 Å². The minimum atomic E-state index is 0.635. The van der Waals surface area contributed by atoms with E-state index in [4.69, 9.17) is 10.00 Å². The van der Waals surface area contributed by atoms with Gasteiger partial charge in [-0.05, 0) is 48.7 Å². The molecule has 0 aromatic heterocycles. The van der Waals surface area contributed by atoms with Gasteiger partial charge in [0.25, 0.3) is 0 Å². The molecule has 0 aliphatic rings. The van der Waals surface area contributed by atoms with Gasteiger partial charge in [0.05, 0.1) is 18.2 Å². The third-order valence-corrected chi connectivity index (χ3v) is 2.61. The third kappa shape index (κ3) is 2.89. The molecule has 18 heavy (non-hydrogen) atoms. The molecule has 2 aromatic rings. The summed E-state index contributed by atoms with van der Waals surface area (Å²) in [5, 5.41) is 8.75. The number of benzene rings is 2. The summed E-state index contributed by atoms with van der Waals surface area (Å²) in [6.07, 6.45) is 0.761. The topological polar surface area (TPSA) is 33.0 Å². The summed E-state index contributed by atoms with van der Waals surface area (Å²) >= 11 is 0. The lowest BCUT2D eigenvalue weighted by Crippen LogP contribution is -1.94. The number of nitrogens with zero attached hydrogens (tertiary/aromatic N) is 1. The fourth-order valence-electron chi connectivity index (χ4n) is 1.67. The number of rotatable bonds is 4. The molecule has 0 atom stereocenters. The number of hydrogen-bond donors (Lipinski definition) is 0. The average molecular weight is 236 g/mol. The smallest absolute Gasteiger partial charge is 0.119 e. The van der Waals surface area contributed by atoms with E-state index < -0.39 is 0 Å². The first-order valence-corrected chi connectivity index (χ1v) is 5.86. The molecule has 0 saturated heterocycles. The van der Waals surface area contributed by atoms with Gasteiger partial charge < -0.3 is 4.74 Å². The number of hydrogen-bond acceptors (Lipinski definition) is 2. The van der Waals surface area contributed by atoms with Gasteiger partial charge in [-0.3, -0.25) is 0 Å². The van der Waals surface area contributed by atoms with Crippen molar-refractivity contribution in [1.82, 2.24) is 0 Å². The lowest BCUT2D eigenvalue weighted by Gasteiger charge is -2.06. The molecular formula is C16H14NO. The molecule has 2 aromatic carbocycles. The SMILES string of the molecule is [CH2]CCOc1ccc(-c2ccc(C#N)cc2)cc1. The molecule has 0 fully saturated rings. The van der Waals surface area contributed by atoms with Crippen LogP contribution in [0.25, 0.3) is 11.1 Å². The molecule has 0 unspecified atom stereocenters. The minimum Gasteiger partial charge on any atom is -0.494 e. The number of nitriles is 1. The van der Waals surface area contributed by atoms with Crippen molar-refractivity contribution in [2.24, 2.45) is 0 Å². The van der Waals surface area contributed by atoms with Crippen LogP contribution >= 0.6 is 0 Å². The maximum Gasteiger partial charge on any atom is 0.119 e. The lowest BCUT2D eigenvalue weighted by molar-refractivity contribution is 0.324. The normalized spacial score (nSPS) is 9.78. The zero-order valence-corrected chi connectivity index (χ0v) is 10.1. The molecule has 2 rings (SSSR count). The van der Waals surface area contributed by atoms with E-state index in [1.54, 1.807) is 0 Å². The molecule has 0 bridgehead atoms. The van der Waals surface area contributed by atoms with Crippen molar-refractivity contribution in [3.8, 4) is 22.9 Å². The van der Waals surface area contributed by atoms with Crippen LogP contribution in [0.5, 0.6) is 5.75 Å². The van der Waals surface area contributed by atoms with Crippen LogP contribution in [-0.2, 0) is 0 Å². The Hall–Kier alpha value is -2.27. The predicted octanol–water partition coefficient (Wildman–Crippen LogP) is 3.83. The Kier molecular flexibility index (Phi) is 3.98. The second-order valence-corrected chi connectivity index (χ2v) is 3.92. The van der Waals surface area contributed by atoms with Crippen molar-refractivity contribution in [3.05, 3.63) is 61.0 Å². The molecule has 0 amide bonds. The van der Waals surface area contributed by atoms with Crippen molar-refractivity contribution in [2.75, 3.05) is 6.61 Å². The molecule has 0 aliphatic heterocycles. The molecule has 0 saturated carbocycles. The maximum absolute atomic E-state index is 8.75. The van der Waals surface area contributed by atoms with Crippen LogP contribution in [0, 0.1) is 18.3 Å². The largest absolute Gasteiger partial charge is 0.494 e. The van der Waals surface area contributed by atoms with Crippen molar-refractivity contribution >= 4 is 0 Å². The minimum absolute atomic E-state index is 0.635. The van der Waals surface area contributed by atoms with Crippen LogP contribution < -0.4 is 4.74 Å². The molecule has 2 heteroatoms. The molecular weight excluding hydrogens is 222 g/mol. The molecule has 0 heterocycles. The second-order valence-electron chi connectivity index (χ2n) is 3.92. The highest BCUT2D eigenvalue weighted by Gasteiger charge is 1.99. The van der Waals surface area contributed by atoms with Gasteiger partial charge in [-0.1, -0.05) is 24.3 Å². The van der Waals surface area contributed by atoms with Crippen molar-refractivity contribution in [2.45, 2.75) is 6.42 Å². The van der Waals surface area contributed by atoms with Gasteiger partial charge in [0.15, 0.2) is 0 Å². The van der Waals surface area contributed by atoms with Crippen LogP contribution in [0.2, 0.25) is 0 Å². The molecule has 89 valence electrons. The van der Waals surface area contributed by atoms with Crippen molar-refractivity contribution in [3.63, 3.8) is 0 Å². The van der Waals surface area contributed by atoms with E-state index >= 15 is 0 Å². The fourth-order valence-corrected chi connectivity index (χ4v) is 1.67. The Morgan fingerprint density at radius 2 is 1.50 bits per heavy atom. The van der Waals surface area contributed by atoms with Gasteiger partial charge in [-0.2, -0.15) is 5.26 Å². The summed E-state index contributed by atoms with van der Waals surface area (Å²) in [6, 6.07) is 17.6. The van der Waals surface area contributed by atoms with Gasteiger partial charge in [0, 0.05) is 0 Å². The van der Waals surface area contributed by atoms with Crippen LogP contribution in [0.1, 0.15) is 12.0 Å². The van der Waals surface area contributed by atoms with E-state index in [1.165, 1.54) is 0 Å². The Bertz CT molecular complexity index is 535. The summed E-state index contributed by atoms with van der Waals surface area (Å²) in [5.74, 6) is 0.857. The Morgan fingerprint density at radius 3 is 2.00 bits per heavy atom. The molecule has 0 spiro atoms. The van der Waals surface area contributed by atoms with Gasteiger partial charge in [-0.25, -0.2) is 0 Å². The summed E-state index contributed by atoms with van der Waals surface area (Å²) in [6.45, 7) is 4.37. The first kappa shape index (κ1) is 12.2. The summed E-state index contributed by atoms with van der Waals surface area (Å²) in [7, 11) is 0. The van der Waals surface area contributed by atoms with E-state index in [1.807, 2.05) is 48.5 Å². The molecule has 0 aliphatic carbocycles. The number of ether oxygens (including phenoxy) is 1. The average Bonchev–Trinajstić information content (AvgIpc) is 2.46.